The van der Waals surface area contributed by atoms with E-state index in [0.717, 1.165) is 29.8 Å². The number of methoxy groups -OCH3 is 1. The van der Waals surface area contributed by atoms with Crippen molar-refractivity contribution in [3.8, 4) is 5.75 Å². The molecule has 1 aliphatic rings. The van der Waals surface area contributed by atoms with Crippen LogP contribution in [-0.4, -0.2) is 26.2 Å². The summed E-state index contributed by atoms with van der Waals surface area (Å²) >= 11 is 0. The first kappa shape index (κ1) is 19.4. The smallest absolute Gasteiger partial charge is 0.230 e. The molecule has 2 aromatic carbocycles. The summed E-state index contributed by atoms with van der Waals surface area (Å²) in [5.41, 5.74) is 3.35. The maximum Gasteiger partial charge on any atom is 0.230 e. The first-order valence-corrected chi connectivity index (χ1v) is 9.70. The number of carbonyl (C=O) groups excluding carboxylic acids is 1. The molecule has 0 aliphatic carbocycles. The molecular formula is C23H29NO3. The van der Waals surface area contributed by atoms with Gasteiger partial charge in [-0.2, -0.15) is 0 Å². The van der Waals surface area contributed by atoms with Gasteiger partial charge >= 0.3 is 0 Å². The van der Waals surface area contributed by atoms with Crippen molar-refractivity contribution < 1.29 is 14.3 Å². The van der Waals surface area contributed by atoms with Crippen LogP contribution in [0.15, 0.2) is 48.5 Å². The highest BCUT2D eigenvalue weighted by atomic mass is 16.5. The normalized spacial score (nSPS) is 15.0. The fourth-order valence-electron chi connectivity index (χ4n) is 3.41. The Labute approximate surface area is 162 Å². The molecule has 2 aromatic rings. The second kappa shape index (κ2) is 9.05. The molecule has 0 unspecified atom stereocenters. The first-order valence-electron chi connectivity index (χ1n) is 9.70. The fraction of sp³-hybridized carbons (Fsp3) is 0.435. The van der Waals surface area contributed by atoms with Crippen molar-refractivity contribution in [2.75, 3.05) is 25.2 Å². The third-order valence-electron chi connectivity index (χ3n) is 5.21. The third kappa shape index (κ3) is 4.89. The number of carbonyl (C=O) groups is 1. The van der Waals surface area contributed by atoms with E-state index in [2.05, 4.69) is 38.1 Å². The highest BCUT2D eigenvalue weighted by Crippen LogP contribution is 2.26. The minimum atomic E-state index is 0.0239. The average molecular weight is 367 g/mol. The summed E-state index contributed by atoms with van der Waals surface area (Å²) in [7, 11) is 1.65. The van der Waals surface area contributed by atoms with Crippen molar-refractivity contribution in [1.82, 2.24) is 0 Å². The Kier molecular flexibility index (Phi) is 6.51. The molecule has 3 rings (SSSR count). The van der Waals surface area contributed by atoms with Gasteiger partial charge in [0, 0.05) is 24.8 Å². The Balaban J connectivity index is 1.84. The fourth-order valence-corrected chi connectivity index (χ4v) is 3.41. The lowest BCUT2D eigenvalue weighted by Crippen LogP contribution is -2.38. The van der Waals surface area contributed by atoms with Crippen molar-refractivity contribution in [2.24, 2.45) is 5.92 Å². The summed E-state index contributed by atoms with van der Waals surface area (Å²) in [6.45, 7) is 6.27. The van der Waals surface area contributed by atoms with Crippen molar-refractivity contribution >= 4 is 11.6 Å². The van der Waals surface area contributed by atoms with Crippen LogP contribution in [0.1, 0.15) is 43.7 Å². The van der Waals surface area contributed by atoms with E-state index in [9.17, 15) is 4.79 Å². The van der Waals surface area contributed by atoms with Crippen LogP contribution < -0.4 is 9.64 Å². The molecule has 0 radical (unpaired) electrons. The van der Waals surface area contributed by atoms with Crippen LogP contribution in [0, 0.1) is 5.92 Å². The molecule has 1 aliphatic heterocycles. The van der Waals surface area contributed by atoms with Gasteiger partial charge in [-0.25, -0.2) is 0 Å². The number of amides is 1. The molecule has 0 atom stereocenters. The maximum absolute atomic E-state index is 13.3. The molecule has 0 N–H and O–H groups in total. The minimum absolute atomic E-state index is 0.0239. The summed E-state index contributed by atoms with van der Waals surface area (Å²) in [5, 5.41) is 0. The van der Waals surface area contributed by atoms with Crippen LogP contribution in [0.4, 0.5) is 5.69 Å². The number of rotatable bonds is 6. The van der Waals surface area contributed by atoms with E-state index in [-0.39, 0.29) is 11.8 Å². The third-order valence-corrected chi connectivity index (χ3v) is 5.21. The zero-order chi connectivity index (χ0) is 19.2. The maximum atomic E-state index is 13.3. The Hall–Kier alpha value is -2.33. The predicted molar refractivity (Wildman–Crippen MR) is 108 cm³/mol. The van der Waals surface area contributed by atoms with Gasteiger partial charge < -0.3 is 14.4 Å². The largest absolute Gasteiger partial charge is 0.497 e. The van der Waals surface area contributed by atoms with Crippen LogP contribution >= 0.6 is 0 Å². The van der Waals surface area contributed by atoms with E-state index in [0.29, 0.717) is 25.7 Å². The van der Waals surface area contributed by atoms with Gasteiger partial charge in [-0.3, -0.25) is 4.79 Å². The molecule has 0 bridgehead atoms. The number of hydrogen-bond acceptors (Lipinski definition) is 3. The molecule has 1 amide bonds. The second-order valence-electron chi connectivity index (χ2n) is 7.41. The summed E-state index contributed by atoms with van der Waals surface area (Å²) in [6.07, 6.45) is 1.58. The topological polar surface area (TPSA) is 38.8 Å². The molecule has 27 heavy (non-hydrogen) atoms. The summed E-state index contributed by atoms with van der Waals surface area (Å²) in [5.74, 6) is 1.49. The van der Waals surface area contributed by atoms with Crippen molar-refractivity contribution in [2.45, 2.75) is 39.2 Å². The van der Waals surface area contributed by atoms with E-state index in [1.807, 2.05) is 29.2 Å². The van der Waals surface area contributed by atoms with Crippen LogP contribution in [-0.2, 0) is 16.1 Å². The molecule has 1 heterocycles. The van der Waals surface area contributed by atoms with Gasteiger partial charge in [-0.15, -0.1) is 0 Å². The SMILES string of the molecule is COc1ccc(N(Cc2ccc(C(C)C)cc2)C(=O)C2CCOCC2)cc1. The zero-order valence-corrected chi connectivity index (χ0v) is 16.5. The van der Waals surface area contributed by atoms with Gasteiger partial charge in [0.25, 0.3) is 0 Å². The molecule has 4 nitrogen and oxygen atoms in total. The van der Waals surface area contributed by atoms with Gasteiger partial charge in [0.05, 0.1) is 13.7 Å². The number of anilines is 1. The highest BCUT2D eigenvalue weighted by Gasteiger charge is 2.27. The van der Waals surface area contributed by atoms with Crippen molar-refractivity contribution in [3.63, 3.8) is 0 Å². The second-order valence-corrected chi connectivity index (χ2v) is 7.41. The molecule has 144 valence electrons. The van der Waals surface area contributed by atoms with Crippen LogP contribution in [0.2, 0.25) is 0 Å². The Morgan fingerprint density at radius 2 is 1.70 bits per heavy atom. The number of benzene rings is 2. The number of hydrogen-bond donors (Lipinski definition) is 0. The average Bonchev–Trinajstić information content (AvgIpc) is 2.72. The molecule has 1 fully saturated rings. The van der Waals surface area contributed by atoms with Crippen molar-refractivity contribution in [3.05, 3.63) is 59.7 Å². The number of ether oxygens (including phenoxy) is 2. The van der Waals surface area contributed by atoms with Crippen LogP contribution in [0.3, 0.4) is 0 Å². The lowest BCUT2D eigenvalue weighted by Gasteiger charge is -2.30. The Morgan fingerprint density at radius 3 is 2.26 bits per heavy atom. The molecule has 0 saturated carbocycles. The van der Waals surface area contributed by atoms with E-state index in [1.165, 1.54) is 5.56 Å². The van der Waals surface area contributed by atoms with E-state index >= 15 is 0 Å². The number of nitrogens with zero attached hydrogens (tertiary/aromatic N) is 1. The van der Waals surface area contributed by atoms with E-state index in [4.69, 9.17) is 9.47 Å². The monoisotopic (exact) mass is 367 g/mol. The summed E-state index contributed by atoms with van der Waals surface area (Å²) in [4.78, 5) is 15.2. The Morgan fingerprint density at radius 1 is 1.07 bits per heavy atom. The zero-order valence-electron chi connectivity index (χ0n) is 16.5. The summed E-state index contributed by atoms with van der Waals surface area (Å²) in [6, 6.07) is 16.3. The first-order chi connectivity index (χ1) is 13.1. The van der Waals surface area contributed by atoms with Crippen molar-refractivity contribution in [1.29, 1.82) is 0 Å². The van der Waals surface area contributed by atoms with Crippen LogP contribution in [0.5, 0.6) is 5.75 Å². The van der Waals surface area contributed by atoms with Crippen LogP contribution in [0.25, 0.3) is 0 Å². The molecule has 4 heteroatoms. The highest BCUT2D eigenvalue weighted by molar-refractivity contribution is 5.95. The standard InChI is InChI=1S/C23H29NO3/c1-17(2)19-6-4-18(5-7-19)16-24(21-8-10-22(26-3)11-9-21)23(25)20-12-14-27-15-13-20/h4-11,17,20H,12-16H2,1-3H3. The summed E-state index contributed by atoms with van der Waals surface area (Å²) < 4.78 is 10.7. The molecule has 0 spiro atoms. The molecule has 0 aromatic heterocycles. The molecule has 1 saturated heterocycles. The lowest BCUT2D eigenvalue weighted by molar-refractivity contribution is -0.125. The minimum Gasteiger partial charge on any atom is -0.497 e. The van der Waals surface area contributed by atoms with Gasteiger partial charge in [-0.05, 0) is 54.2 Å². The molecular weight excluding hydrogens is 338 g/mol. The van der Waals surface area contributed by atoms with Gasteiger partial charge in [0.15, 0.2) is 0 Å². The lowest BCUT2D eigenvalue weighted by atomic mass is 9.97. The Bertz CT molecular complexity index is 731. The quantitative estimate of drug-likeness (QED) is 0.738. The van der Waals surface area contributed by atoms with Gasteiger partial charge in [0.1, 0.15) is 5.75 Å². The van der Waals surface area contributed by atoms with Gasteiger partial charge in [-0.1, -0.05) is 38.1 Å². The van der Waals surface area contributed by atoms with E-state index < -0.39 is 0 Å². The van der Waals surface area contributed by atoms with Gasteiger partial charge in [0.2, 0.25) is 5.91 Å². The van der Waals surface area contributed by atoms with E-state index in [1.54, 1.807) is 7.11 Å². The predicted octanol–water partition coefficient (Wildman–Crippen LogP) is 4.78.